The molecule has 0 N–H and O–H groups in total. The van der Waals surface area contributed by atoms with Gasteiger partial charge in [0.05, 0.1) is 16.8 Å². The smallest absolute Gasteiger partial charge is 0.160 e. The van der Waals surface area contributed by atoms with Gasteiger partial charge in [-0.15, -0.1) is 0 Å². The fourth-order valence-corrected chi connectivity index (χ4v) is 10.1. The van der Waals surface area contributed by atoms with Gasteiger partial charge in [-0.2, -0.15) is 0 Å². The van der Waals surface area contributed by atoms with E-state index in [-0.39, 0.29) is 0 Å². The molecule has 1 aliphatic heterocycles. The van der Waals surface area contributed by atoms with Crippen molar-refractivity contribution in [2.24, 2.45) is 0 Å². The molecule has 294 valence electrons. The Balaban J connectivity index is 1.11. The minimum absolute atomic E-state index is 0.661. The van der Waals surface area contributed by atoms with E-state index in [1.807, 2.05) is 42.6 Å². The van der Waals surface area contributed by atoms with Gasteiger partial charge < -0.3 is 9.15 Å². The number of furan rings is 1. The second-order valence-corrected chi connectivity index (χ2v) is 16.3. The summed E-state index contributed by atoms with van der Waals surface area (Å²) in [6.07, 6.45) is 3.69. The average Bonchev–Trinajstić information content (AvgIpc) is 3.68. The van der Waals surface area contributed by atoms with Crippen molar-refractivity contribution >= 4 is 21.9 Å². The molecule has 8 aromatic carbocycles. The fourth-order valence-electron chi connectivity index (χ4n) is 10.1. The molecule has 0 saturated heterocycles. The number of pyridine rings is 1. The molecule has 1 aliphatic carbocycles. The minimum atomic E-state index is -0.835. The average molecular weight is 806 g/mol. The van der Waals surface area contributed by atoms with E-state index in [0.29, 0.717) is 5.82 Å². The summed E-state index contributed by atoms with van der Waals surface area (Å²) < 4.78 is 13.7. The van der Waals surface area contributed by atoms with Crippen molar-refractivity contribution in [1.82, 2.24) is 15.0 Å². The number of hydrogen-bond donors (Lipinski definition) is 0. The van der Waals surface area contributed by atoms with E-state index in [2.05, 4.69) is 169 Å². The van der Waals surface area contributed by atoms with Gasteiger partial charge in [0.1, 0.15) is 22.7 Å². The van der Waals surface area contributed by atoms with Crippen molar-refractivity contribution < 1.29 is 9.15 Å². The van der Waals surface area contributed by atoms with Crippen LogP contribution < -0.4 is 4.74 Å². The predicted octanol–water partition coefficient (Wildman–Crippen LogP) is 14.6. The lowest BCUT2D eigenvalue weighted by Gasteiger charge is -2.42. The summed E-state index contributed by atoms with van der Waals surface area (Å²) >= 11 is 0. The number of hydrogen-bond acceptors (Lipinski definition) is 5. The Morgan fingerprint density at radius 3 is 1.83 bits per heavy atom. The highest BCUT2D eigenvalue weighted by Gasteiger charge is 2.49. The Labute approximate surface area is 363 Å². The molecule has 1 atom stereocenters. The summed E-state index contributed by atoms with van der Waals surface area (Å²) in [5.41, 5.74) is 16.6. The topological polar surface area (TPSA) is 61.0 Å². The number of nitrogens with zero attached hydrogens (tertiary/aromatic N) is 3. The van der Waals surface area contributed by atoms with E-state index < -0.39 is 5.41 Å². The van der Waals surface area contributed by atoms with Crippen molar-refractivity contribution in [2.45, 2.75) is 5.41 Å². The summed E-state index contributed by atoms with van der Waals surface area (Å²) in [6.45, 7) is 0. The molecule has 0 bridgehead atoms. The molecule has 5 heteroatoms. The summed E-state index contributed by atoms with van der Waals surface area (Å²) in [4.78, 5) is 14.9. The van der Waals surface area contributed by atoms with Crippen molar-refractivity contribution in [3.05, 3.63) is 235 Å². The Morgan fingerprint density at radius 2 is 1.02 bits per heavy atom. The maximum atomic E-state index is 6.99. The first-order valence-corrected chi connectivity index (χ1v) is 21.2. The van der Waals surface area contributed by atoms with E-state index in [1.54, 1.807) is 6.20 Å². The summed E-state index contributed by atoms with van der Waals surface area (Å²) in [6, 6.07) is 70.7. The molecule has 0 amide bonds. The summed E-state index contributed by atoms with van der Waals surface area (Å²) in [5.74, 6) is 2.28. The van der Waals surface area contributed by atoms with Crippen LogP contribution in [0.25, 0.3) is 89.2 Å². The molecule has 3 aromatic heterocycles. The molecular formula is C58H35N3O2. The monoisotopic (exact) mass is 805 g/mol. The quantitative estimate of drug-likeness (QED) is 0.177. The lowest BCUT2D eigenvalue weighted by Crippen LogP contribution is -2.34. The Bertz CT molecular complexity index is 3600. The van der Waals surface area contributed by atoms with Gasteiger partial charge in [0, 0.05) is 51.0 Å². The van der Waals surface area contributed by atoms with E-state index in [1.165, 1.54) is 22.3 Å². The van der Waals surface area contributed by atoms with Crippen LogP contribution in [0.4, 0.5) is 0 Å². The number of rotatable bonds is 4. The van der Waals surface area contributed by atoms with Gasteiger partial charge in [-0.05, 0) is 87.0 Å². The highest BCUT2D eigenvalue weighted by atomic mass is 16.5. The Kier molecular flexibility index (Phi) is 7.75. The molecule has 5 nitrogen and oxygen atoms in total. The molecule has 0 radical (unpaired) electrons. The van der Waals surface area contributed by atoms with E-state index in [9.17, 15) is 0 Å². The van der Waals surface area contributed by atoms with Crippen LogP contribution in [0.15, 0.2) is 217 Å². The minimum Gasteiger partial charge on any atom is -0.457 e. The third-order valence-electron chi connectivity index (χ3n) is 12.9. The predicted molar refractivity (Wildman–Crippen MR) is 252 cm³/mol. The Morgan fingerprint density at radius 1 is 0.365 bits per heavy atom. The van der Waals surface area contributed by atoms with E-state index in [4.69, 9.17) is 19.1 Å². The first-order valence-electron chi connectivity index (χ1n) is 21.2. The van der Waals surface area contributed by atoms with Crippen LogP contribution in [-0.2, 0) is 5.41 Å². The van der Waals surface area contributed by atoms with Gasteiger partial charge in [0.25, 0.3) is 0 Å². The van der Waals surface area contributed by atoms with E-state index >= 15 is 0 Å². The molecule has 0 saturated carbocycles. The van der Waals surface area contributed by atoms with Crippen LogP contribution in [0.1, 0.15) is 22.3 Å². The molecule has 63 heavy (non-hydrogen) atoms. The van der Waals surface area contributed by atoms with Crippen LogP contribution in [0.5, 0.6) is 11.5 Å². The molecular weight excluding hydrogens is 771 g/mol. The van der Waals surface area contributed by atoms with Crippen LogP contribution in [0.2, 0.25) is 0 Å². The first-order chi connectivity index (χ1) is 31.2. The van der Waals surface area contributed by atoms with Crippen molar-refractivity contribution in [1.29, 1.82) is 0 Å². The second kappa shape index (κ2) is 13.8. The SMILES string of the molecule is c1ccc(-c2nc(-c3ccc(-c4cccnc4)cc3)cc(-c3ccc4c(c3)C3(c5ccccc5Oc5cc6c(cc53)oc3ccccc36)c3ccccc3-c3ccccc3-4)n2)cc1. The largest absolute Gasteiger partial charge is 0.457 e. The molecule has 13 rings (SSSR count). The zero-order valence-electron chi connectivity index (χ0n) is 33.9. The molecule has 1 unspecified atom stereocenters. The van der Waals surface area contributed by atoms with Crippen LogP contribution >= 0.6 is 0 Å². The van der Waals surface area contributed by atoms with Gasteiger partial charge in [0.2, 0.25) is 0 Å². The van der Waals surface area contributed by atoms with Crippen LogP contribution in [0.3, 0.4) is 0 Å². The Hall–Kier alpha value is -8.41. The highest BCUT2D eigenvalue weighted by Crippen LogP contribution is 2.62. The van der Waals surface area contributed by atoms with Gasteiger partial charge in [0.15, 0.2) is 5.82 Å². The zero-order valence-corrected chi connectivity index (χ0v) is 33.9. The molecule has 4 heterocycles. The summed E-state index contributed by atoms with van der Waals surface area (Å²) in [5, 5.41) is 2.08. The number of fused-ring (bicyclic) bond motifs is 14. The van der Waals surface area contributed by atoms with E-state index in [0.717, 1.165) is 94.9 Å². The maximum Gasteiger partial charge on any atom is 0.160 e. The molecule has 2 aliphatic rings. The fraction of sp³-hybridized carbons (Fsp3) is 0.0172. The van der Waals surface area contributed by atoms with Crippen molar-refractivity contribution in [3.63, 3.8) is 0 Å². The lowest BCUT2D eigenvalue weighted by molar-refractivity contribution is 0.435. The third kappa shape index (κ3) is 5.40. The van der Waals surface area contributed by atoms with Gasteiger partial charge in [-0.3, -0.25) is 4.98 Å². The number of para-hydroxylation sites is 2. The third-order valence-corrected chi connectivity index (χ3v) is 12.9. The maximum absolute atomic E-state index is 6.99. The highest BCUT2D eigenvalue weighted by molar-refractivity contribution is 6.06. The normalized spacial score (nSPS) is 14.5. The lowest BCUT2D eigenvalue weighted by atomic mass is 9.62. The standard InChI is InChI=1S/C58H35N3O2/c1-2-13-38(14-3-1)57-60-51(37-26-24-36(25-27-37)40-15-12-30-59-35-40)34-52(61-57)39-28-29-44-42-17-5-4-16-41(42)43-18-6-8-20-47(43)58(49(44)31-39)48-21-9-11-23-54(48)63-56-32-46-45-19-7-10-22-53(45)62-55(46)33-50(56)58/h1-35H. The first kappa shape index (κ1) is 35.4. The number of benzene rings is 8. The molecule has 0 fully saturated rings. The molecule has 1 spiro atoms. The van der Waals surface area contributed by atoms with Crippen molar-refractivity contribution in [2.75, 3.05) is 0 Å². The zero-order chi connectivity index (χ0) is 41.5. The van der Waals surface area contributed by atoms with Gasteiger partial charge in [-0.25, -0.2) is 9.97 Å². The van der Waals surface area contributed by atoms with Crippen molar-refractivity contribution in [3.8, 4) is 78.8 Å². The number of ether oxygens (including phenoxy) is 1. The van der Waals surface area contributed by atoms with Gasteiger partial charge in [-0.1, -0.05) is 158 Å². The van der Waals surface area contributed by atoms with Crippen LogP contribution in [0, 0.1) is 0 Å². The number of aromatic nitrogens is 3. The summed E-state index contributed by atoms with van der Waals surface area (Å²) in [7, 11) is 0. The van der Waals surface area contributed by atoms with Gasteiger partial charge >= 0.3 is 0 Å². The molecule has 11 aromatic rings. The van der Waals surface area contributed by atoms with Crippen LogP contribution in [-0.4, -0.2) is 15.0 Å². The second-order valence-electron chi connectivity index (χ2n) is 16.3.